The van der Waals surface area contributed by atoms with E-state index in [0.29, 0.717) is 22.0 Å². The molecule has 2 atom stereocenters. The Balaban J connectivity index is 1.56. The fourth-order valence-electron chi connectivity index (χ4n) is 4.48. The van der Waals surface area contributed by atoms with Gasteiger partial charge in [0.1, 0.15) is 22.7 Å². The predicted octanol–water partition coefficient (Wildman–Crippen LogP) is 3.33. The maximum Gasteiger partial charge on any atom is 0.168 e. The van der Waals surface area contributed by atoms with Crippen molar-refractivity contribution in [3.8, 4) is 0 Å². The number of nitrogens with one attached hydrogen (secondary N) is 1. The van der Waals surface area contributed by atoms with Crippen molar-refractivity contribution in [1.82, 2.24) is 9.97 Å². The molecule has 33 heavy (non-hydrogen) atoms. The summed E-state index contributed by atoms with van der Waals surface area (Å²) in [7, 11) is -3.75. The van der Waals surface area contributed by atoms with Crippen LogP contribution in [0.15, 0.2) is 47.7 Å². The number of fused-ring (bicyclic) bond motifs is 1. The Morgan fingerprint density at radius 2 is 2.06 bits per heavy atom. The minimum Gasteiger partial charge on any atom is -0.386 e. The lowest BCUT2D eigenvalue weighted by Gasteiger charge is -2.39. The molecule has 0 unspecified atom stereocenters. The van der Waals surface area contributed by atoms with Crippen LogP contribution in [0.2, 0.25) is 5.02 Å². The Hall–Kier alpha value is -2.82. The molecule has 1 saturated heterocycles. The number of ether oxygens (including phenoxy) is 1. The summed E-state index contributed by atoms with van der Waals surface area (Å²) in [6.45, 7) is 1.83. The lowest BCUT2D eigenvalue weighted by atomic mass is 9.92. The van der Waals surface area contributed by atoms with Crippen LogP contribution in [-0.2, 0) is 20.1 Å². The first kappa shape index (κ1) is 22.0. The third-order valence-corrected chi connectivity index (χ3v) is 9.13. The first-order chi connectivity index (χ1) is 15.6. The summed E-state index contributed by atoms with van der Waals surface area (Å²) < 4.78 is 45.5. The minimum absolute atomic E-state index is 0.0331. The zero-order chi connectivity index (χ0) is 23.4. The maximum atomic E-state index is 15.0. The fourth-order valence-corrected chi connectivity index (χ4v) is 6.90. The Bertz CT molecular complexity index is 1410. The molecular formula is C22H21ClFN5O3S. The monoisotopic (exact) mass is 489 g/mol. The van der Waals surface area contributed by atoms with Gasteiger partial charge in [0.05, 0.1) is 17.4 Å². The number of amidine groups is 1. The van der Waals surface area contributed by atoms with Gasteiger partial charge < -0.3 is 15.8 Å². The third kappa shape index (κ3) is 3.53. The molecule has 2 aromatic heterocycles. The molecule has 0 amide bonds. The zero-order valence-electron chi connectivity index (χ0n) is 17.7. The molecule has 1 fully saturated rings. The first-order valence-corrected chi connectivity index (χ1v) is 12.3. The second-order valence-electron chi connectivity index (χ2n) is 8.53. The van der Waals surface area contributed by atoms with E-state index in [0.717, 1.165) is 5.39 Å². The molecule has 0 aliphatic carbocycles. The van der Waals surface area contributed by atoms with Crippen molar-refractivity contribution < 1.29 is 17.5 Å². The van der Waals surface area contributed by atoms with Crippen molar-refractivity contribution in [3.63, 3.8) is 0 Å². The van der Waals surface area contributed by atoms with E-state index < -0.39 is 25.9 Å². The van der Waals surface area contributed by atoms with E-state index in [9.17, 15) is 12.8 Å². The second kappa shape index (κ2) is 7.61. The summed E-state index contributed by atoms with van der Waals surface area (Å²) in [6, 6.07) is 7.88. The van der Waals surface area contributed by atoms with Gasteiger partial charge in [-0.3, -0.25) is 9.98 Å². The van der Waals surface area contributed by atoms with Crippen molar-refractivity contribution in [2.75, 3.05) is 24.3 Å². The van der Waals surface area contributed by atoms with Gasteiger partial charge in [0.25, 0.3) is 0 Å². The van der Waals surface area contributed by atoms with Crippen LogP contribution in [0.4, 0.5) is 15.9 Å². The van der Waals surface area contributed by atoms with Crippen LogP contribution in [0.3, 0.4) is 0 Å². The number of benzene rings is 1. The summed E-state index contributed by atoms with van der Waals surface area (Å²) in [5, 5.41) is 4.42. The number of nitrogens with zero attached hydrogens (tertiary/aromatic N) is 3. The highest BCUT2D eigenvalue weighted by atomic mass is 35.5. The molecule has 0 saturated carbocycles. The number of hydrogen-bond acceptors (Lipinski definition) is 8. The van der Waals surface area contributed by atoms with Crippen LogP contribution in [-0.4, -0.2) is 47.9 Å². The van der Waals surface area contributed by atoms with Gasteiger partial charge in [-0.05, 0) is 43.7 Å². The van der Waals surface area contributed by atoms with E-state index in [1.165, 1.54) is 24.4 Å². The molecule has 8 nitrogen and oxygen atoms in total. The summed E-state index contributed by atoms with van der Waals surface area (Å²) in [6.07, 6.45) is 3.37. The fraction of sp³-hybridized carbons (Fsp3) is 0.318. The molecule has 0 bridgehead atoms. The van der Waals surface area contributed by atoms with Crippen LogP contribution in [0, 0.1) is 5.82 Å². The Morgan fingerprint density at radius 1 is 1.24 bits per heavy atom. The Labute approximate surface area is 195 Å². The molecular weight excluding hydrogens is 469 g/mol. The zero-order valence-corrected chi connectivity index (χ0v) is 19.3. The number of aromatic nitrogens is 2. The lowest BCUT2D eigenvalue weighted by Crippen LogP contribution is -2.58. The number of halogens is 2. The van der Waals surface area contributed by atoms with Crippen LogP contribution in [0.5, 0.6) is 0 Å². The molecule has 3 N–H and O–H groups in total. The van der Waals surface area contributed by atoms with Crippen molar-refractivity contribution >= 4 is 49.7 Å². The quantitative estimate of drug-likeness (QED) is 0.579. The molecule has 4 heterocycles. The standard InChI is InChI=1S/C22H21ClFN5O3S/c1-21(12-33(30,31)22(20(25)29-21)5-7-32-11-22)16-9-15(2-3-17(16)24)28-19-18-13(4-6-26-19)8-14(23)10-27-18/h2-4,6,8-10H,5,7,11-12H2,1H3,(H2,25,29)(H,26,28)/t21-,22-/m0/s1. The van der Waals surface area contributed by atoms with E-state index in [4.69, 9.17) is 22.1 Å². The molecule has 2 aliphatic rings. The Kier molecular flexibility index (Phi) is 5.07. The molecule has 1 spiro atoms. The minimum atomic E-state index is -3.75. The van der Waals surface area contributed by atoms with Gasteiger partial charge in [-0.2, -0.15) is 0 Å². The SMILES string of the molecule is C[C@@]1(c2cc(Nc3nccc4cc(Cl)cnc34)ccc2F)CS(=O)(=O)[C@]2(CCOC2)C(N)=N1. The average Bonchev–Trinajstić information content (AvgIpc) is 3.26. The first-order valence-electron chi connectivity index (χ1n) is 10.3. The highest BCUT2D eigenvalue weighted by Crippen LogP contribution is 2.42. The molecule has 3 aromatic rings. The van der Waals surface area contributed by atoms with Crippen LogP contribution in [0.25, 0.3) is 10.9 Å². The summed E-state index contributed by atoms with van der Waals surface area (Å²) in [5.74, 6) is -0.544. The topological polar surface area (TPSA) is 120 Å². The van der Waals surface area contributed by atoms with Gasteiger partial charge in [0, 0.05) is 35.6 Å². The number of sulfone groups is 1. The van der Waals surface area contributed by atoms with E-state index in [1.807, 2.05) is 0 Å². The normalized spacial score (nSPS) is 26.5. The summed E-state index contributed by atoms with van der Waals surface area (Å²) in [5.41, 5.74) is 5.98. The van der Waals surface area contributed by atoms with E-state index in [1.54, 1.807) is 25.3 Å². The van der Waals surface area contributed by atoms with Crippen molar-refractivity contribution in [2.24, 2.45) is 10.7 Å². The molecule has 172 valence electrons. The molecule has 2 aliphatic heterocycles. The Morgan fingerprint density at radius 3 is 2.79 bits per heavy atom. The van der Waals surface area contributed by atoms with Gasteiger partial charge in [-0.1, -0.05) is 11.6 Å². The van der Waals surface area contributed by atoms with Crippen LogP contribution in [0.1, 0.15) is 18.9 Å². The summed E-state index contributed by atoms with van der Waals surface area (Å²) >= 11 is 6.03. The van der Waals surface area contributed by atoms with Crippen LogP contribution < -0.4 is 11.1 Å². The maximum absolute atomic E-state index is 15.0. The van der Waals surface area contributed by atoms with Crippen LogP contribution >= 0.6 is 11.6 Å². The molecule has 1 aromatic carbocycles. The number of aliphatic imine (C=N–C) groups is 1. The number of anilines is 2. The molecule has 5 rings (SSSR count). The van der Waals surface area contributed by atoms with E-state index in [-0.39, 0.29) is 36.8 Å². The van der Waals surface area contributed by atoms with E-state index in [2.05, 4.69) is 20.3 Å². The van der Waals surface area contributed by atoms with Gasteiger partial charge in [-0.25, -0.2) is 17.8 Å². The molecule has 0 radical (unpaired) electrons. The van der Waals surface area contributed by atoms with Gasteiger partial charge in [0.15, 0.2) is 20.4 Å². The number of hydrogen-bond donors (Lipinski definition) is 2. The highest BCUT2D eigenvalue weighted by molar-refractivity contribution is 7.93. The van der Waals surface area contributed by atoms with Crippen molar-refractivity contribution in [2.45, 2.75) is 23.6 Å². The van der Waals surface area contributed by atoms with Gasteiger partial charge in [-0.15, -0.1) is 0 Å². The lowest BCUT2D eigenvalue weighted by molar-refractivity contribution is 0.194. The number of pyridine rings is 2. The highest BCUT2D eigenvalue weighted by Gasteiger charge is 2.57. The average molecular weight is 490 g/mol. The van der Waals surface area contributed by atoms with Crippen molar-refractivity contribution in [1.29, 1.82) is 0 Å². The predicted molar refractivity (Wildman–Crippen MR) is 125 cm³/mol. The third-order valence-electron chi connectivity index (χ3n) is 6.26. The number of rotatable bonds is 3. The van der Waals surface area contributed by atoms with Gasteiger partial charge >= 0.3 is 0 Å². The second-order valence-corrected chi connectivity index (χ2v) is 11.3. The summed E-state index contributed by atoms with van der Waals surface area (Å²) in [4.78, 5) is 13.2. The van der Waals surface area contributed by atoms with Gasteiger partial charge in [0.2, 0.25) is 0 Å². The largest absolute Gasteiger partial charge is 0.386 e. The number of nitrogens with two attached hydrogens (primary N) is 1. The van der Waals surface area contributed by atoms with E-state index >= 15 is 0 Å². The van der Waals surface area contributed by atoms with Crippen molar-refractivity contribution in [3.05, 3.63) is 59.1 Å². The molecule has 11 heteroatoms. The smallest absolute Gasteiger partial charge is 0.168 e.